The number of nitriles is 1. The van der Waals surface area contributed by atoms with Crippen molar-refractivity contribution in [2.24, 2.45) is 0 Å². The molecular weight excluding hydrogens is 202 g/mol. The SMILES string of the molecule is C=CCCOc1ccc(C(C)=O)cc1C#N. The molecule has 0 unspecified atom stereocenters. The van der Waals surface area contributed by atoms with Gasteiger partial charge < -0.3 is 4.74 Å². The third-order valence-corrected chi connectivity index (χ3v) is 2.09. The first-order valence-electron chi connectivity index (χ1n) is 4.98. The summed E-state index contributed by atoms with van der Waals surface area (Å²) >= 11 is 0. The minimum atomic E-state index is -0.0610. The highest BCUT2D eigenvalue weighted by Crippen LogP contribution is 2.19. The van der Waals surface area contributed by atoms with Crippen LogP contribution in [-0.4, -0.2) is 12.4 Å². The van der Waals surface area contributed by atoms with Gasteiger partial charge in [0.2, 0.25) is 0 Å². The molecule has 0 aliphatic rings. The van der Waals surface area contributed by atoms with Crippen LogP contribution in [0.5, 0.6) is 5.75 Å². The Morgan fingerprint density at radius 3 is 2.94 bits per heavy atom. The predicted octanol–water partition coefficient (Wildman–Crippen LogP) is 2.72. The van der Waals surface area contributed by atoms with Crippen molar-refractivity contribution >= 4 is 5.78 Å². The maximum atomic E-state index is 11.1. The van der Waals surface area contributed by atoms with Gasteiger partial charge >= 0.3 is 0 Å². The van der Waals surface area contributed by atoms with Gasteiger partial charge in [0, 0.05) is 5.56 Å². The monoisotopic (exact) mass is 215 g/mol. The van der Waals surface area contributed by atoms with Crippen molar-refractivity contribution in [1.29, 1.82) is 5.26 Å². The van der Waals surface area contributed by atoms with E-state index in [1.807, 2.05) is 6.07 Å². The highest BCUT2D eigenvalue weighted by molar-refractivity contribution is 5.94. The van der Waals surface area contributed by atoms with Gasteiger partial charge in [-0.05, 0) is 31.5 Å². The molecule has 0 saturated carbocycles. The van der Waals surface area contributed by atoms with Gasteiger partial charge in [-0.1, -0.05) is 6.08 Å². The van der Waals surface area contributed by atoms with Crippen molar-refractivity contribution in [3.63, 3.8) is 0 Å². The molecule has 0 atom stereocenters. The van der Waals surface area contributed by atoms with Gasteiger partial charge in [-0.3, -0.25) is 4.79 Å². The Bertz CT molecular complexity index is 444. The minimum Gasteiger partial charge on any atom is -0.492 e. The minimum absolute atomic E-state index is 0.0610. The molecule has 0 bridgehead atoms. The zero-order valence-corrected chi connectivity index (χ0v) is 9.19. The molecule has 0 radical (unpaired) electrons. The summed E-state index contributed by atoms with van der Waals surface area (Å²) in [6.07, 6.45) is 2.47. The quantitative estimate of drug-likeness (QED) is 0.431. The van der Waals surface area contributed by atoms with Crippen LogP contribution in [0.2, 0.25) is 0 Å². The molecule has 0 heterocycles. The second-order valence-electron chi connectivity index (χ2n) is 3.30. The zero-order valence-electron chi connectivity index (χ0n) is 9.19. The van der Waals surface area contributed by atoms with Crippen molar-refractivity contribution in [3.05, 3.63) is 42.0 Å². The van der Waals surface area contributed by atoms with Gasteiger partial charge in [-0.15, -0.1) is 6.58 Å². The van der Waals surface area contributed by atoms with Crippen molar-refractivity contribution < 1.29 is 9.53 Å². The lowest BCUT2D eigenvalue weighted by molar-refractivity contribution is 0.101. The number of Topliss-reactive ketones (excluding diaryl/α,β-unsaturated/α-hetero) is 1. The van der Waals surface area contributed by atoms with E-state index in [-0.39, 0.29) is 5.78 Å². The second-order valence-corrected chi connectivity index (χ2v) is 3.30. The molecule has 3 nitrogen and oxygen atoms in total. The molecule has 0 aliphatic carbocycles. The van der Waals surface area contributed by atoms with Crippen LogP contribution in [0.3, 0.4) is 0 Å². The Labute approximate surface area is 95.0 Å². The number of carbonyl (C=O) groups excluding carboxylic acids is 1. The smallest absolute Gasteiger partial charge is 0.159 e. The standard InChI is InChI=1S/C13H13NO2/c1-3-4-7-16-13-6-5-11(10(2)15)8-12(13)9-14/h3,5-6,8H,1,4,7H2,2H3. The summed E-state index contributed by atoms with van der Waals surface area (Å²) < 4.78 is 5.40. The molecule has 0 saturated heterocycles. The molecule has 0 amide bonds. The highest BCUT2D eigenvalue weighted by Gasteiger charge is 2.06. The van der Waals surface area contributed by atoms with Crippen molar-refractivity contribution in [3.8, 4) is 11.8 Å². The Kier molecular flexibility index (Phi) is 4.28. The van der Waals surface area contributed by atoms with Crippen LogP contribution in [0.25, 0.3) is 0 Å². The number of hydrogen-bond donors (Lipinski definition) is 0. The molecule has 0 aliphatic heterocycles. The van der Waals surface area contributed by atoms with Gasteiger partial charge in [0.25, 0.3) is 0 Å². The predicted molar refractivity (Wildman–Crippen MR) is 61.5 cm³/mol. The normalized spacial score (nSPS) is 9.25. The molecule has 1 aromatic rings. The number of ketones is 1. The third kappa shape index (κ3) is 2.96. The van der Waals surface area contributed by atoms with Crippen LogP contribution in [0.4, 0.5) is 0 Å². The Morgan fingerprint density at radius 1 is 1.62 bits per heavy atom. The molecule has 0 fully saturated rings. The summed E-state index contributed by atoms with van der Waals surface area (Å²) in [7, 11) is 0. The first-order chi connectivity index (χ1) is 7.69. The second kappa shape index (κ2) is 5.72. The van der Waals surface area contributed by atoms with E-state index in [0.717, 1.165) is 6.42 Å². The number of nitrogens with zero attached hydrogens (tertiary/aromatic N) is 1. The van der Waals surface area contributed by atoms with Crippen LogP contribution in [0, 0.1) is 11.3 Å². The summed E-state index contributed by atoms with van der Waals surface area (Å²) in [5, 5.41) is 8.92. The van der Waals surface area contributed by atoms with Gasteiger partial charge in [-0.2, -0.15) is 5.26 Å². The Balaban J connectivity index is 2.90. The van der Waals surface area contributed by atoms with E-state index in [1.165, 1.54) is 6.92 Å². The lowest BCUT2D eigenvalue weighted by atomic mass is 10.1. The third-order valence-electron chi connectivity index (χ3n) is 2.09. The molecular formula is C13H13NO2. The summed E-state index contributed by atoms with van der Waals surface area (Å²) in [5.74, 6) is 0.448. The maximum absolute atomic E-state index is 11.1. The van der Waals surface area contributed by atoms with Crippen LogP contribution >= 0.6 is 0 Å². The lowest BCUT2D eigenvalue weighted by Crippen LogP contribution is -2.00. The van der Waals surface area contributed by atoms with E-state index >= 15 is 0 Å². The fourth-order valence-corrected chi connectivity index (χ4v) is 1.21. The van der Waals surface area contributed by atoms with Crippen molar-refractivity contribution in [2.75, 3.05) is 6.61 Å². The molecule has 1 rings (SSSR count). The maximum Gasteiger partial charge on any atom is 0.159 e. The average Bonchev–Trinajstić information content (AvgIpc) is 2.29. The van der Waals surface area contributed by atoms with Gasteiger partial charge in [0.1, 0.15) is 11.8 Å². The zero-order chi connectivity index (χ0) is 12.0. The van der Waals surface area contributed by atoms with E-state index in [0.29, 0.717) is 23.5 Å². The van der Waals surface area contributed by atoms with Crippen molar-refractivity contribution in [1.82, 2.24) is 0 Å². The van der Waals surface area contributed by atoms with Gasteiger partial charge in [0.05, 0.1) is 12.2 Å². The lowest BCUT2D eigenvalue weighted by Gasteiger charge is -2.07. The summed E-state index contributed by atoms with van der Waals surface area (Å²) in [6.45, 7) is 5.53. The molecule has 82 valence electrons. The molecule has 0 aromatic heterocycles. The van der Waals surface area contributed by atoms with E-state index in [2.05, 4.69) is 6.58 Å². The number of ether oxygens (including phenoxy) is 1. The van der Waals surface area contributed by atoms with Crippen LogP contribution < -0.4 is 4.74 Å². The number of carbonyl (C=O) groups is 1. The summed E-state index contributed by atoms with van der Waals surface area (Å²) in [6, 6.07) is 6.87. The Hall–Kier alpha value is -2.08. The van der Waals surface area contributed by atoms with Gasteiger partial charge in [0.15, 0.2) is 5.78 Å². The molecule has 3 heteroatoms. The van der Waals surface area contributed by atoms with Crippen LogP contribution in [0.1, 0.15) is 29.3 Å². The number of rotatable bonds is 5. The van der Waals surface area contributed by atoms with E-state index < -0.39 is 0 Å². The number of hydrogen-bond acceptors (Lipinski definition) is 3. The fourth-order valence-electron chi connectivity index (χ4n) is 1.21. The molecule has 0 spiro atoms. The largest absolute Gasteiger partial charge is 0.492 e. The highest BCUT2D eigenvalue weighted by atomic mass is 16.5. The van der Waals surface area contributed by atoms with Crippen LogP contribution in [0.15, 0.2) is 30.9 Å². The van der Waals surface area contributed by atoms with Gasteiger partial charge in [-0.25, -0.2) is 0 Å². The topological polar surface area (TPSA) is 50.1 Å². The van der Waals surface area contributed by atoms with Crippen molar-refractivity contribution in [2.45, 2.75) is 13.3 Å². The Morgan fingerprint density at radius 2 is 2.38 bits per heavy atom. The summed E-state index contributed by atoms with van der Waals surface area (Å²) in [4.78, 5) is 11.1. The first kappa shape index (κ1) is 12.0. The molecule has 1 aromatic carbocycles. The first-order valence-corrected chi connectivity index (χ1v) is 4.98. The van der Waals surface area contributed by atoms with E-state index in [1.54, 1.807) is 24.3 Å². The average molecular weight is 215 g/mol. The van der Waals surface area contributed by atoms with E-state index in [4.69, 9.17) is 10.00 Å². The van der Waals surface area contributed by atoms with Crippen LogP contribution in [-0.2, 0) is 0 Å². The molecule has 0 N–H and O–H groups in total. The molecule has 16 heavy (non-hydrogen) atoms. The summed E-state index contributed by atoms with van der Waals surface area (Å²) in [5.41, 5.74) is 0.907. The number of benzene rings is 1. The fraction of sp³-hybridized carbons (Fsp3) is 0.231. The van der Waals surface area contributed by atoms with E-state index in [9.17, 15) is 4.79 Å².